The van der Waals surface area contributed by atoms with Gasteiger partial charge < -0.3 is 10.1 Å². The fourth-order valence-corrected chi connectivity index (χ4v) is 2.06. The fourth-order valence-electron chi connectivity index (χ4n) is 2.06. The van der Waals surface area contributed by atoms with Crippen molar-refractivity contribution in [1.29, 1.82) is 5.26 Å². The average molecular weight is 315 g/mol. The van der Waals surface area contributed by atoms with Crippen molar-refractivity contribution in [3.05, 3.63) is 84.1 Å². The van der Waals surface area contributed by atoms with Gasteiger partial charge in [-0.1, -0.05) is 18.2 Å². The third kappa shape index (κ3) is 3.57. The van der Waals surface area contributed by atoms with Crippen LogP contribution in [-0.2, 0) is 0 Å². The number of para-hydroxylation sites is 1. The number of aromatic nitrogens is 1. The molecule has 5 heteroatoms. The van der Waals surface area contributed by atoms with E-state index in [9.17, 15) is 4.79 Å². The monoisotopic (exact) mass is 315 g/mol. The van der Waals surface area contributed by atoms with Crippen LogP contribution in [0.25, 0.3) is 0 Å². The van der Waals surface area contributed by atoms with Gasteiger partial charge in [0.05, 0.1) is 11.6 Å². The molecule has 3 aromatic rings. The van der Waals surface area contributed by atoms with Gasteiger partial charge in [-0.15, -0.1) is 0 Å². The second kappa shape index (κ2) is 7.07. The summed E-state index contributed by atoms with van der Waals surface area (Å²) in [6.45, 7) is 0. The smallest absolute Gasteiger partial charge is 0.255 e. The maximum absolute atomic E-state index is 12.3. The molecule has 116 valence electrons. The predicted octanol–water partition coefficient (Wildman–Crippen LogP) is 4.00. The summed E-state index contributed by atoms with van der Waals surface area (Å²) < 4.78 is 5.71. The molecular weight excluding hydrogens is 302 g/mol. The Balaban J connectivity index is 1.79. The number of hydrogen-bond donors (Lipinski definition) is 1. The molecule has 0 radical (unpaired) electrons. The lowest BCUT2D eigenvalue weighted by atomic mass is 10.1. The Labute approximate surface area is 139 Å². The standard InChI is InChI=1S/C19H13N3O2/c20-13-14-8-10-15(11-9-14)18(23)22-17-7-4-12-21-19(17)24-16-5-2-1-3-6-16/h1-12H,(H,22,23). The van der Waals surface area contributed by atoms with Crippen LogP contribution in [0.15, 0.2) is 72.9 Å². The van der Waals surface area contributed by atoms with Gasteiger partial charge in [-0.3, -0.25) is 4.79 Å². The van der Waals surface area contributed by atoms with E-state index >= 15 is 0 Å². The van der Waals surface area contributed by atoms with Crippen LogP contribution in [0, 0.1) is 11.3 Å². The maximum atomic E-state index is 12.3. The summed E-state index contributed by atoms with van der Waals surface area (Å²) in [5.74, 6) is 0.640. The number of ether oxygens (including phenoxy) is 1. The molecule has 1 heterocycles. The number of hydrogen-bond acceptors (Lipinski definition) is 4. The van der Waals surface area contributed by atoms with Gasteiger partial charge >= 0.3 is 0 Å². The highest BCUT2D eigenvalue weighted by Gasteiger charge is 2.11. The first-order valence-electron chi connectivity index (χ1n) is 7.26. The first kappa shape index (κ1) is 15.3. The van der Waals surface area contributed by atoms with Crippen LogP contribution in [0.3, 0.4) is 0 Å². The molecule has 24 heavy (non-hydrogen) atoms. The molecule has 2 aromatic carbocycles. The molecule has 5 nitrogen and oxygen atoms in total. The van der Waals surface area contributed by atoms with Crippen LogP contribution >= 0.6 is 0 Å². The SMILES string of the molecule is N#Cc1ccc(C(=O)Nc2cccnc2Oc2ccccc2)cc1. The first-order chi connectivity index (χ1) is 11.8. The number of amides is 1. The van der Waals surface area contributed by atoms with Crippen LogP contribution in [0.1, 0.15) is 15.9 Å². The summed E-state index contributed by atoms with van der Waals surface area (Å²) in [4.78, 5) is 16.5. The maximum Gasteiger partial charge on any atom is 0.255 e. The van der Waals surface area contributed by atoms with Gasteiger partial charge in [0.25, 0.3) is 5.91 Å². The lowest BCUT2D eigenvalue weighted by Gasteiger charge is -2.11. The molecule has 0 aliphatic heterocycles. The van der Waals surface area contributed by atoms with Crippen molar-refractivity contribution in [3.8, 4) is 17.7 Å². The molecule has 1 N–H and O–H groups in total. The molecular formula is C19H13N3O2. The van der Waals surface area contributed by atoms with Crippen LogP contribution in [-0.4, -0.2) is 10.9 Å². The fraction of sp³-hybridized carbons (Fsp3) is 0. The molecule has 1 aromatic heterocycles. The van der Waals surface area contributed by atoms with Gasteiger partial charge in [-0.25, -0.2) is 4.98 Å². The zero-order chi connectivity index (χ0) is 16.8. The van der Waals surface area contributed by atoms with Gasteiger partial charge in [0.2, 0.25) is 5.88 Å². The molecule has 1 amide bonds. The number of anilines is 1. The number of pyridine rings is 1. The van der Waals surface area contributed by atoms with Crippen LogP contribution in [0.4, 0.5) is 5.69 Å². The number of nitriles is 1. The van der Waals surface area contributed by atoms with Crippen LogP contribution in [0.5, 0.6) is 11.6 Å². The second-order valence-corrected chi connectivity index (χ2v) is 4.91. The van der Waals surface area contributed by atoms with E-state index in [-0.39, 0.29) is 5.91 Å². The van der Waals surface area contributed by atoms with E-state index in [1.807, 2.05) is 24.3 Å². The quantitative estimate of drug-likeness (QED) is 0.789. The normalized spacial score (nSPS) is 9.79. The number of benzene rings is 2. The van der Waals surface area contributed by atoms with Gasteiger partial charge in [0.15, 0.2) is 0 Å². The highest BCUT2D eigenvalue weighted by atomic mass is 16.5. The molecule has 0 aliphatic carbocycles. The predicted molar refractivity (Wildman–Crippen MR) is 89.9 cm³/mol. The zero-order valence-corrected chi connectivity index (χ0v) is 12.6. The Hall–Kier alpha value is -3.65. The molecule has 0 spiro atoms. The Morgan fingerprint density at radius 1 is 1.00 bits per heavy atom. The number of nitrogens with one attached hydrogen (secondary N) is 1. The molecule has 0 saturated heterocycles. The summed E-state index contributed by atoms with van der Waals surface area (Å²) in [6, 6.07) is 21.0. The summed E-state index contributed by atoms with van der Waals surface area (Å²) in [6.07, 6.45) is 1.59. The van der Waals surface area contributed by atoms with Gasteiger partial charge in [0.1, 0.15) is 11.4 Å². The summed E-state index contributed by atoms with van der Waals surface area (Å²) in [5.41, 5.74) is 1.42. The minimum atomic E-state index is -0.301. The highest BCUT2D eigenvalue weighted by molar-refractivity contribution is 6.04. The van der Waals surface area contributed by atoms with E-state index in [0.717, 1.165) is 0 Å². The van der Waals surface area contributed by atoms with E-state index < -0.39 is 0 Å². The van der Waals surface area contributed by atoms with Crippen LogP contribution < -0.4 is 10.1 Å². The van der Waals surface area contributed by atoms with Gasteiger partial charge in [-0.05, 0) is 48.5 Å². The molecule has 0 saturated carbocycles. The Kier molecular flexibility index (Phi) is 4.50. The summed E-state index contributed by atoms with van der Waals surface area (Å²) in [7, 11) is 0. The molecule has 0 aliphatic rings. The number of rotatable bonds is 4. The topological polar surface area (TPSA) is 75.0 Å². The molecule has 0 unspecified atom stereocenters. The van der Waals surface area contributed by atoms with Crippen LogP contribution in [0.2, 0.25) is 0 Å². The van der Waals surface area contributed by atoms with Crippen molar-refractivity contribution in [3.63, 3.8) is 0 Å². The Morgan fingerprint density at radius 2 is 1.75 bits per heavy atom. The molecule has 0 fully saturated rings. The van der Waals surface area contributed by atoms with Crippen molar-refractivity contribution >= 4 is 11.6 Å². The van der Waals surface area contributed by atoms with Gasteiger partial charge in [0, 0.05) is 11.8 Å². The minimum absolute atomic E-state index is 0.301. The third-order valence-electron chi connectivity index (χ3n) is 3.25. The molecule has 0 atom stereocenters. The third-order valence-corrected chi connectivity index (χ3v) is 3.25. The van der Waals surface area contributed by atoms with E-state index in [0.29, 0.717) is 28.4 Å². The van der Waals surface area contributed by atoms with E-state index in [4.69, 9.17) is 10.00 Å². The Bertz CT molecular complexity index is 884. The summed E-state index contributed by atoms with van der Waals surface area (Å²) >= 11 is 0. The van der Waals surface area contributed by atoms with Crippen molar-refractivity contribution in [2.75, 3.05) is 5.32 Å². The number of nitrogens with zero attached hydrogens (tertiary/aromatic N) is 2. The second-order valence-electron chi connectivity index (χ2n) is 4.91. The van der Waals surface area contributed by atoms with Crippen molar-refractivity contribution in [1.82, 2.24) is 4.98 Å². The first-order valence-corrected chi connectivity index (χ1v) is 7.26. The lowest BCUT2D eigenvalue weighted by molar-refractivity contribution is 0.102. The highest BCUT2D eigenvalue weighted by Crippen LogP contribution is 2.26. The van der Waals surface area contributed by atoms with E-state index in [2.05, 4.69) is 10.3 Å². The largest absolute Gasteiger partial charge is 0.437 e. The minimum Gasteiger partial charge on any atom is -0.437 e. The number of carbonyl (C=O) groups is 1. The lowest BCUT2D eigenvalue weighted by Crippen LogP contribution is -2.12. The van der Waals surface area contributed by atoms with Crippen molar-refractivity contribution in [2.45, 2.75) is 0 Å². The van der Waals surface area contributed by atoms with Crippen molar-refractivity contribution < 1.29 is 9.53 Å². The zero-order valence-electron chi connectivity index (χ0n) is 12.6. The number of carbonyl (C=O) groups excluding carboxylic acids is 1. The van der Waals surface area contributed by atoms with E-state index in [1.54, 1.807) is 54.7 Å². The van der Waals surface area contributed by atoms with Gasteiger partial charge in [-0.2, -0.15) is 5.26 Å². The average Bonchev–Trinajstić information content (AvgIpc) is 2.64. The molecule has 0 bridgehead atoms. The summed E-state index contributed by atoms with van der Waals surface area (Å²) in [5, 5.41) is 11.6. The molecule has 3 rings (SSSR count). The Morgan fingerprint density at radius 3 is 2.46 bits per heavy atom. The van der Waals surface area contributed by atoms with Crippen molar-refractivity contribution in [2.24, 2.45) is 0 Å². The van der Waals surface area contributed by atoms with E-state index in [1.165, 1.54) is 0 Å².